The van der Waals surface area contributed by atoms with Crippen molar-refractivity contribution < 1.29 is 0 Å². The largest absolute Gasteiger partial charge is 0.393 e. The first-order chi connectivity index (χ1) is 5.22. The molecule has 1 rings (SSSR count). The average Bonchev–Trinajstić information content (AvgIpc) is 2.34. The second kappa shape index (κ2) is 3.48. The van der Waals surface area contributed by atoms with Crippen LogP contribution in [-0.4, -0.2) is 14.8 Å². The number of rotatable bonds is 3. The number of nitrogens with zero attached hydrogens (tertiary/aromatic N) is 2. The van der Waals surface area contributed by atoms with Crippen LogP contribution in [0.25, 0.3) is 0 Å². The summed E-state index contributed by atoms with van der Waals surface area (Å²) in [5.41, 5.74) is 6.45. The second-order valence-corrected chi connectivity index (χ2v) is 2.87. The van der Waals surface area contributed by atoms with Gasteiger partial charge >= 0.3 is 0 Å². The number of nitrogens with two attached hydrogens (primary N) is 1. The van der Waals surface area contributed by atoms with E-state index >= 15 is 0 Å². The van der Waals surface area contributed by atoms with E-state index in [2.05, 4.69) is 5.10 Å². The summed E-state index contributed by atoms with van der Waals surface area (Å²) in [6.07, 6.45) is 4.40. The Balaban J connectivity index is 2.65. The molecule has 1 aromatic rings. The molecule has 0 aliphatic heterocycles. The van der Waals surface area contributed by atoms with Crippen LogP contribution in [0.3, 0.4) is 0 Å². The van der Waals surface area contributed by atoms with E-state index < -0.39 is 0 Å². The number of aromatic nitrogens is 2. The maximum absolute atomic E-state index is 5.37. The molecule has 0 amide bonds. The van der Waals surface area contributed by atoms with Crippen LogP contribution in [0.15, 0.2) is 12.4 Å². The summed E-state index contributed by atoms with van der Waals surface area (Å²) in [6, 6.07) is 0. The third-order valence-corrected chi connectivity index (χ3v) is 1.53. The van der Waals surface area contributed by atoms with Crippen LogP contribution in [-0.2, 0) is 13.0 Å². The summed E-state index contributed by atoms with van der Waals surface area (Å²) in [5, 5.41) is 4.09. The lowest BCUT2D eigenvalue weighted by Gasteiger charge is -1.92. The topological polar surface area (TPSA) is 43.8 Å². The van der Waals surface area contributed by atoms with Gasteiger partial charge in [0.05, 0.1) is 11.2 Å². The van der Waals surface area contributed by atoms with E-state index in [1.54, 1.807) is 6.20 Å². The van der Waals surface area contributed by atoms with Gasteiger partial charge in [-0.05, 0) is 12.5 Å². The fraction of sp³-hybridized carbons (Fsp3) is 0.429. The third kappa shape index (κ3) is 2.31. The van der Waals surface area contributed by atoms with E-state index in [0.29, 0.717) is 11.4 Å². The van der Waals surface area contributed by atoms with Gasteiger partial charge in [0, 0.05) is 19.2 Å². The van der Waals surface area contributed by atoms with Gasteiger partial charge in [0.15, 0.2) is 0 Å². The molecular formula is C7H11N3S. The minimum atomic E-state index is 0.514. The van der Waals surface area contributed by atoms with E-state index in [4.69, 9.17) is 18.0 Å². The lowest BCUT2D eigenvalue weighted by Crippen LogP contribution is -2.10. The van der Waals surface area contributed by atoms with Crippen molar-refractivity contribution in [2.75, 3.05) is 0 Å². The Labute approximate surface area is 71.2 Å². The van der Waals surface area contributed by atoms with Crippen molar-refractivity contribution in [3.63, 3.8) is 0 Å². The normalized spacial score (nSPS) is 9.91. The molecule has 0 spiro atoms. The molecule has 11 heavy (non-hydrogen) atoms. The Bertz CT molecular complexity index is 254. The summed E-state index contributed by atoms with van der Waals surface area (Å²) in [6.45, 7) is 2.93. The first-order valence-electron chi connectivity index (χ1n) is 3.52. The minimum Gasteiger partial charge on any atom is -0.393 e. The Kier molecular flexibility index (Phi) is 2.59. The first kappa shape index (κ1) is 8.20. The highest BCUT2D eigenvalue weighted by atomic mass is 32.1. The zero-order valence-electron chi connectivity index (χ0n) is 6.45. The van der Waals surface area contributed by atoms with E-state index in [9.17, 15) is 0 Å². The molecule has 0 atom stereocenters. The Morgan fingerprint density at radius 1 is 1.82 bits per heavy atom. The number of aryl methyl sites for hydroxylation is 1. The molecule has 0 saturated heterocycles. The first-order valence-corrected chi connectivity index (χ1v) is 3.93. The average molecular weight is 169 g/mol. The molecule has 0 saturated carbocycles. The third-order valence-electron chi connectivity index (χ3n) is 1.39. The number of hydrogen-bond acceptors (Lipinski definition) is 2. The molecule has 0 fully saturated rings. The van der Waals surface area contributed by atoms with Crippen molar-refractivity contribution in [1.29, 1.82) is 0 Å². The van der Waals surface area contributed by atoms with Crippen LogP contribution in [0.4, 0.5) is 0 Å². The fourth-order valence-corrected chi connectivity index (χ4v) is 1.04. The van der Waals surface area contributed by atoms with E-state index in [1.165, 1.54) is 0 Å². The van der Waals surface area contributed by atoms with Gasteiger partial charge in [0.2, 0.25) is 0 Å². The SMILES string of the molecule is CCn1cc(CC(N)=S)cn1. The van der Waals surface area contributed by atoms with E-state index in [-0.39, 0.29) is 0 Å². The quantitative estimate of drug-likeness (QED) is 0.678. The Morgan fingerprint density at radius 2 is 2.55 bits per heavy atom. The molecule has 3 nitrogen and oxygen atoms in total. The van der Waals surface area contributed by atoms with Gasteiger partial charge in [-0.25, -0.2) is 0 Å². The predicted molar refractivity (Wildman–Crippen MR) is 48.4 cm³/mol. The summed E-state index contributed by atoms with van der Waals surface area (Å²) in [4.78, 5) is 0.514. The highest BCUT2D eigenvalue weighted by molar-refractivity contribution is 7.80. The highest BCUT2D eigenvalue weighted by Gasteiger charge is 1.97. The molecule has 2 N–H and O–H groups in total. The zero-order chi connectivity index (χ0) is 8.27. The lowest BCUT2D eigenvalue weighted by atomic mass is 10.3. The van der Waals surface area contributed by atoms with Crippen molar-refractivity contribution in [2.45, 2.75) is 19.9 Å². The molecule has 60 valence electrons. The van der Waals surface area contributed by atoms with Crippen LogP contribution in [0, 0.1) is 0 Å². The number of hydrogen-bond donors (Lipinski definition) is 1. The van der Waals surface area contributed by atoms with Crippen molar-refractivity contribution >= 4 is 17.2 Å². The Morgan fingerprint density at radius 3 is 3.00 bits per heavy atom. The molecule has 1 heterocycles. The van der Waals surface area contributed by atoms with Crippen molar-refractivity contribution in [3.8, 4) is 0 Å². The van der Waals surface area contributed by atoms with Crippen LogP contribution in [0.2, 0.25) is 0 Å². The van der Waals surface area contributed by atoms with Gasteiger partial charge in [-0.2, -0.15) is 5.10 Å². The van der Waals surface area contributed by atoms with E-state index in [0.717, 1.165) is 12.1 Å². The van der Waals surface area contributed by atoms with Crippen LogP contribution < -0.4 is 5.73 Å². The van der Waals surface area contributed by atoms with Gasteiger partial charge in [-0.1, -0.05) is 12.2 Å². The Hall–Kier alpha value is -0.900. The van der Waals surface area contributed by atoms with E-state index in [1.807, 2.05) is 17.8 Å². The van der Waals surface area contributed by atoms with Gasteiger partial charge < -0.3 is 5.73 Å². The van der Waals surface area contributed by atoms with Gasteiger partial charge in [0.1, 0.15) is 0 Å². The van der Waals surface area contributed by atoms with Gasteiger partial charge in [-0.3, -0.25) is 4.68 Å². The summed E-state index contributed by atoms with van der Waals surface area (Å²) in [7, 11) is 0. The minimum absolute atomic E-state index is 0.514. The summed E-state index contributed by atoms with van der Waals surface area (Å²) in [5.74, 6) is 0. The molecule has 0 aromatic carbocycles. The van der Waals surface area contributed by atoms with Crippen LogP contribution >= 0.6 is 12.2 Å². The molecule has 0 aliphatic rings. The smallest absolute Gasteiger partial charge is 0.0772 e. The van der Waals surface area contributed by atoms with Crippen molar-refractivity contribution in [2.24, 2.45) is 5.73 Å². The second-order valence-electron chi connectivity index (χ2n) is 2.35. The zero-order valence-corrected chi connectivity index (χ0v) is 7.27. The van der Waals surface area contributed by atoms with Gasteiger partial charge in [0.25, 0.3) is 0 Å². The monoisotopic (exact) mass is 169 g/mol. The maximum Gasteiger partial charge on any atom is 0.0772 e. The summed E-state index contributed by atoms with van der Waals surface area (Å²) >= 11 is 4.76. The predicted octanol–water partition coefficient (Wildman–Crippen LogP) is 0.732. The highest BCUT2D eigenvalue weighted by Crippen LogP contribution is 1.98. The standard InChI is InChI=1S/C7H11N3S/c1-2-10-5-6(4-9-10)3-7(8)11/h4-5H,2-3H2,1H3,(H2,8,11). The molecule has 0 aliphatic carbocycles. The van der Waals surface area contributed by atoms with Crippen molar-refractivity contribution in [3.05, 3.63) is 18.0 Å². The summed E-state index contributed by atoms with van der Waals surface area (Å²) < 4.78 is 1.85. The molecule has 4 heteroatoms. The molecule has 0 radical (unpaired) electrons. The van der Waals surface area contributed by atoms with Crippen LogP contribution in [0.5, 0.6) is 0 Å². The number of thiocarbonyl (C=S) groups is 1. The fourth-order valence-electron chi connectivity index (χ4n) is 0.872. The molecular weight excluding hydrogens is 158 g/mol. The molecule has 0 unspecified atom stereocenters. The molecule has 0 bridgehead atoms. The van der Waals surface area contributed by atoms with Crippen LogP contribution in [0.1, 0.15) is 12.5 Å². The van der Waals surface area contributed by atoms with Gasteiger partial charge in [-0.15, -0.1) is 0 Å². The molecule has 1 aromatic heterocycles. The lowest BCUT2D eigenvalue weighted by molar-refractivity contribution is 0.659. The van der Waals surface area contributed by atoms with Crippen molar-refractivity contribution in [1.82, 2.24) is 9.78 Å². The maximum atomic E-state index is 5.37.